The molecule has 34 heavy (non-hydrogen) atoms. The van der Waals surface area contributed by atoms with Crippen LogP contribution in [-0.4, -0.2) is 33.2 Å². The van der Waals surface area contributed by atoms with Gasteiger partial charge in [-0.1, -0.05) is 35.9 Å². The van der Waals surface area contributed by atoms with Crippen LogP contribution in [0.15, 0.2) is 65.6 Å². The van der Waals surface area contributed by atoms with Crippen molar-refractivity contribution in [1.29, 1.82) is 0 Å². The zero-order chi connectivity index (χ0) is 24.5. The molecule has 4 rings (SSSR count). The van der Waals surface area contributed by atoms with E-state index in [0.717, 1.165) is 12.0 Å². The summed E-state index contributed by atoms with van der Waals surface area (Å²) >= 11 is 6.24. The average Bonchev–Trinajstić information content (AvgIpc) is 2.84. The molecule has 3 aromatic rings. The quantitative estimate of drug-likeness (QED) is 0.444. The number of para-hydroxylation sites is 2. The number of nitrogens with zero attached hydrogens (tertiary/aromatic N) is 1. The zero-order valence-electron chi connectivity index (χ0n) is 18.1. The van der Waals surface area contributed by atoms with Crippen molar-refractivity contribution in [3.8, 4) is 5.75 Å². The summed E-state index contributed by atoms with van der Waals surface area (Å²) in [6.45, 7) is 0.329. The molecule has 1 aliphatic heterocycles. The second-order valence-corrected chi connectivity index (χ2v) is 9.86. The molecule has 1 unspecified atom stereocenters. The van der Waals surface area contributed by atoms with Crippen molar-refractivity contribution in [3.63, 3.8) is 0 Å². The minimum absolute atomic E-state index is 0.0198. The first-order chi connectivity index (χ1) is 16.2. The smallest absolute Gasteiger partial charge is 0.264 e. The first-order valence-electron chi connectivity index (χ1n) is 10.4. The molecular formula is C23H22ClN3O6S. The van der Waals surface area contributed by atoms with E-state index in [1.807, 2.05) is 12.1 Å². The molecule has 0 aliphatic carbocycles. The van der Waals surface area contributed by atoms with Gasteiger partial charge in [0.05, 0.1) is 28.4 Å². The second kappa shape index (κ2) is 9.61. The summed E-state index contributed by atoms with van der Waals surface area (Å²) in [5, 5.41) is 22.6. The maximum absolute atomic E-state index is 13.5. The molecule has 1 aliphatic rings. The van der Waals surface area contributed by atoms with Crippen LogP contribution in [0.25, 0.3) is 0 Å². The highest BCUT2D eigenvalue weighted by Gasteiger charge is 2.30. The number of benzene rings is 3. The number of carbonyl (C=O) groups is 1. The third-order valence-electron chi connectivity index (χ3n) is 5.55. The van der Waals surface area contributed by atoms with Gasteiger partial charge in [-0.25, -0.2) is 13.6 Å². The van der Waals surface area contributed by atoms with Crippen LogP contribution in [0.1, 0.15) is 22.3 Å². The van der Waals surface area contributed by atoms with Gasteiger partial charge in [0.25, 0.3) is 15.9 Å². The summed E-state index contributed by atoms with van der Waals surface area (Å²) in [6.07, 6.45) is 1.47. The van der Waals surface area contributed by atoms with Crippen LogP contribution in [0.2, 0.25) is 5.02 Å². The molecule has 0 bridgehead atoms. The Morgan fingerprint density at radius 2 is 1.94 bits per heavy atom. The molecule has 3 N–H and O–H groups in total. The van der Waals surface area contributed by atoms with Crippen LogP contribution >= 0.6 is 11.6 Å². The maximum Gasteiger partial charge on any atom is 0.264 e. The lowest BCUT2D eigenvalue weighted by molar-refractivity contribution is -0.991. The number of sulfonamides is 1. The third-order valence-corrected chi connectivity index (χ3v) is 7.69. The summed E-state index contributed by atoms with van der Waals surface area (Å²) < 4.78 is 33.4. The molecule has 0 radical (unpaired) electrons. The van der Waals surface area contributed by atoms with E-state index in [4.69, 9.17) is 16.3 Å². The fourth-order valence-electron chi connectivity index (χ4n) is 3.94. The van der Waals surface area contributed by atoms with Crippen LogP contribution in [0.3, 0.4) is 0 Å². The topological polar surface area (TPSA) is 123 Å². The van der Waals surface area contributed by atoms with E-state index in [0.29, 0.717) is 18.7 Å². The lowest BCUT2D eigenvalue weighted by atomic mass is 10.0. The second-order valence-electron chi connectivity index (χ2n) is 7.59. The maximum atomic E-state index is 13.5. The van der Waals surface area contributed by atoms with Crippen molar-refractivity contribution in [2.75, 3.05) is 23.3 Å². The van der Waals surface area contributed by atoms with Gasteiger partial charge in [0.1, 0.15) is 5.56 Å². The highest BCUT2D eigenvalue weighted by atomic mass is 35.5. The van der Waals surface area contributed by atoms with Crippen molar-refractivity contribution in [2.24, 2.45) is 0 Å². The molecule has 11 heteroatoms. The van der Waals surface area contributed by atoms with Crippen LogP contribution in [0, 0.1) is 5.21 Å². The number of ether oxygens (including phenoxy) is 1. The van der Waals surface area contributed by atoms with Crippen LogP contribution in [0.4, 0.5) is 17.1 Å². The monoisotopic (exact) mass is 503 g/mol. The fraction of sp³-hybridized carbons (Fsp3) is 0.174. The molecule has 1 heterocycles. The third kappa shape index (κ3) is 4.46. The van der Waals surface area contributed by atoms with Gasteiger partial charge in [0.15, 0.2) is 5.75 Å². The first kappa shape index (κ1) is 24.0. The van der Waals surface area contributed by atoms with Crippen LogP contribution in [0.5, 0.6) is 5.75 Å². The number of amides is 1. The van der Waals surface area contributed by atoms with Crippen molar-refractivity contribution >= 4 is 44.6 Å². The minimum atomic E-state index is -3.94. The number of rotatable bonds is 6. The Morgan fingerprint density at radius 1 is 1.18 bits per heavy atom. The molecule has 1 atom stereocenters. The Hall–Kier alpha value is -3.15. The highest BCUT2D eigenvalue weighted by molar-refractivity contribution is 7.92. The van der Waals surface area contributed by atoms with E-state index in [-0.39, 0.29) is 32.6 Å². The van der Waals surface area contributed by atoms with Gasteiger partial charge in [-0.2, -0.15) is 5.23 Å². The molecule has 0 fully saturated rings. The lowest BCUT2D eigenvalue weighted by Gasteiger charge is -2.30. The number of methoxy groups -OCH3 is 1. The Labute approximate surface area is 201 Å². The predicted octanol–water partition coefficient (Wildman–Crippen LogP) is 3.15. The molecule has 0 saturated heterocycles. The van der Waals surface area contributed by atoms with Crippen molar-refractivity contribution in [3.05, 3.63) is 82.0 Å². The largest absolute Gasteiger partial charge is 0.595 e. The molecule has 3 aromatic carbocycles. The summed E-state index contributed by atoms with van der Waals surface area (Å²) in [5.41, 5.74) is 1.14. The first-order valence-corrected chi connectivity index (χ1v) is 12.2. The number of hydrogen-bond acceptors (Lipinski definition) is 6. The van der Waals surface area contributed by atoms with Gasteiger partial charge < -0.3 is 15.3 Å². The van der Waals surface area contributed by atoms with E-state index < -0.39 is 21.2 Å². The van der Waals surface area contributed by atoms with Crippen molar-refractivity contribution in [1.82, 2.24) is 0 Å². The van der Waals surface area contributed by atoms with E-state index in [9.17, 15) is 23.6 Å². The minimum Gasteiger partial charge on any atom is -0.595 e. The molecule has 1 amide bonds. The summed E-state index contributed by atoms with van der Waals surface area (Å²) in [5.74, 6) is -0.748. The Balaban J connectivity index is 1.69. The molecular weight excluding hydrogens is 482 g/mol. The number of quaternary nitrogens is 1. The molecule has 0 spiro atoms. The number of fused-ring (bicyclic) bond motifs is 1. The normalized spacial score (nSPS) is 14.3. The zero-order valence-corrected chi connectivity index (χ0v) is 19.7. The Kier molecular flexibility index (Phi) is 6.78. The number of anilines is 2. The SMILES string of the molecule is COc1cccc(C(=O)Nc2cc(S(=O)(=O)N3CCCc4ccccc43)ccc2Cl)c1[NH+]([O-])O. The van der Waals surface area contributed by atoms with Crippen LogP contribution in [-0.2, 0) is 16.4 Å². The van der Waals surface area contributed by atoms with Gasteiger partial charge in [-0.3, -0.25) is 9.10 Å². The molecule has 0 aromatic heterocycles. The Bertz CT molecular complexity index is 1350. The average molecular weight is 504 g/mol. The summed E-state index contributed by atoms with van der Waals surface area (Å²) in [7, 11) is -2.64. The highest BCUT2D eigenvalue weighted by Crippen LogP contribution is 2.34. The lowest BCUT2D eigenvalue weighted by Crippen LogP contribution is -2.99. The van der Waals surface area contributed by atoms with Crippen molar-refractivity contribution in [2.45, 2.75) is 17.7 Å². The van der Waals surface area contributed by atoms with Gasteiger partial charge in [0.2, 0.25) is 5.69 Å². The van der Waals surface area contributed by atoms with E-state index in [1.54, 1.807) is 12.1 Å². The van der Waals surface area contributed by atoms with E-state index in [2.05, 4.69) is 5.32 Å². The van der Waals surface area contributed by atoms with E-state index >= 15 is 0 Å². The van der Waals surface area contributed by atoms with E-state index in [1.165, 1.54) is 47.8 Å². The number of carbonyl (C=O) groups excluding carboxylic acids is 1. The van der Waals surface area contributed by atoms with Crippen LogP contribution < -0.4 is 19.6 Å². The summed E-state index contributed by atoms with van der Waals surface area (Å²) in [6, 6.07) is 15.6. The molecule has 178 valence electrons. The standard InChI is InChI=1S/C23H22ClN3O6S/c1-33-21-10-4-8-17(22(21)27(29)30)23(28)25-19-14-16(11-12-18(19)24)34(31,32)26-13-5-7-15-6-2-3-9-20(15)26/h2-4,6,8-12,14,27,29H,5,7,13H2,1H3,(H,25,28). The summed E-state index contributed by atoms with van der Waals surface area (Å²) in [4.78, 5) is 12.9. The van der Waals surface area contributed by atoms with Gasteiger partial charge in [0, 0.05) is 6.54 Å². The number of hydrogen-bond donors (Lipinski definition) is 3. The Morgan fingerprint density at radius 3 is 2.68 bits per heavy atom. The van der Waals surface area contributed by atoms with Gasteiger partial charge >= 0.3 is 0 Å². The van der Waals surface area contributed by atoms with Gasteiger partial charge in [-0.15, -0.1) is 0 Å². The van der Waals surface area contributed by atoms with Gasteiger partial charge in [-0.05, 0) is 54.8 Å². The number of halogens is 1. The van der Waals surface area contributed by atoms with Crippen molar-refractivity contribution < 1.29 is 28.4 Å². The number of nitrogens with one attached hydrogen (secondary N) is 2. The molecule has 9 nitrogen and oxygen atoms in total. The number of aryl methyl sites for hydroxylation is 1. The molecule has 0 saturated carbocycles. The fourth-order valence-corrected chi connectivity index (χ4v) is 5.67. The predicted molar refractivity (Wildman–Crippen MR) is 127 cm³/mol.